The number of imidazole rings is 1. The second-order valence-corrected chi connectivity index (χ2v) is 7.71. The van der Waals surface area contributed by atoms with E-state index in [0.29, 0.717) is 18.2 Å². The van der Waals surface area contributed by atoms with Crippen molar-refractivity contribution in [1.82, 2.24) is 14.3 Å². The summed E-state index contributed by atoms with van der Waals surface area (Å²) in [6.07, 6.45) is 2.85. The first-order valence-electron chi connectivity index (χ1n) is 6.75. The van der Waals surface area contributed by atoms with Crippen LogP contribution >= 0.6 is 0 Å². The summed E-state index contributed by atoms with van der Waals surface area (Å²) in [5.41, 5.74) is -1.05. The van der Waals surface area contributed by atoms with Crippen LogP contribution in [0.25, 0.3) is 0 Å². The second-order valence-electron chi connectivity index (χ2n) is 5.99. The van der Waals surface area contributed by atoms with Crippen molar-refractivity contribution < 1.29 is 13.5 Å². The predicted octanol–water partition coefficient (Wildman–Crippen LogP) is 1.19. The Bertz CT molecular complexity index is 528. The Hall–Kier alpha value is -0.920. The van der Waals surface area contributed by atoms with Gasteiger partial charge in [0.2, 0.25) is 0 Å². The van der Waals surface area contributed by atoms with Crippen LogP contribution in [0.1, 0.15) is 39.4 Å². The molecule has 7 heteroatoms. The summed E-state index contributed by atoms with van der Waals surface area (Å²) in [5.74, 6) is 1.09. The number of aliphatic hydroxyl groups is 1. The Balaban J connectivity index is 2.68. The third kappa shape index (κ3) is 4.88. The zero-order valence-electron chi connectivity index (χ0n) is 12.8. The first-order chi connectivity index (χ1) is 9.03. The standard InChI is InChI=1S/C13H25N3O3S/c1-10(2)6-7-13(4,17)9-14-20(18,19)12-8-16(5)11(3)15-12/h8,10,14,17H,6-7,9H2,1-5H3/t13-/m1/s1. The zero-order chi connectivity index (χ0) is 15.6. The molecule has 0 aliphatic carbocycles. The number of sulfonamides is 1. The van der Waals surface area contributed by atoms with E-state index in [1.807, 2.05) is 0 Å². The molecule has 0 unspecified atom stereocenters. The minimum absolute atomic E-state index is 0.0162. The molecule has 1 rings (SSSR count). The van der Waals surface area contributed by atoms with Crippen LogP contribution < -0.4 is 4.72 Å². The van der Waals surface area contributed by atoms with Crippen molar-refractivity contribution in [1.29, 1.82) is 0 Å². The van der Waals surface area contributed by atoms with Crippen molar-refractivity contribution in [2.45, 2.75) is 51.2 Å². The highest BCUT2D eigenvalue weighted by molar-refractivity contribution is 7.89. The van der Waals surface area contributed by atoms with Crippen LogP contribution in [-0.4, -0.2) is 35.2 Å². The van der Waals surface area contributed by atoms with Gasteiger partial charge in [-0.2, -0.15) is 0 Å². The summed E-state index contributed by atoms with van der Waals surface area (Å²) in [6, 6.07) is 0. The molecule has 116 valence electrons. The molecule has 0 amide bonds. The largest absolute Gasteiger partial charge is 0.389 e. The Morgan fingerprint density at radius 1 is 1.50 bits per heavy atom. The van der Waals surface area contributed by atoms with Gasteiger partial charge in [0.25, 0.3) is 10.0 Å². The van der Waals surface area contributed by atoms with E-state index in [0.717, 1.165) is 6.42 Å². The summed E-state index contributed by atoms with van der Waals surface area (Å²) in [4.78, 5) is 3.99. The molecule has 0 aromatic carbocycles. The number of hydrogen-bond acceptors (Lipinski definition) is 4. The van der Waals surface area contributed by atoms with Gasteiger partial charge in [0, 0.05) is 19.8 Å². The Morgan fingerprint density at radius 2 is 2.10 bits per heavy atom. The fraction of sp³-hybridized carbons (Fsp3) is 0.769. The zero-order valence-corrected chi connectivity index (χ0v) is 13.7. The first kappa shape index (κ1) is 17.1. The van der Waals surface area contributed by atoms with Crippen LogP contribution in [0.2, 0.25) is 0 Å². The highest BCUT2D eigenvalue weighted by atomic mass is 32.2. The number of aryl methyl sites for hydroxylation is 2. The summed E-state index contributed by atoms with van der Waals surface area (Å²) >= 11 is 0. The highest BCUT2D eigenvalue weighted by Gasteiger charge is 2.25. The van der Waals surface area contributed by atoms with Gasteiger partial charge in [0.1, 0.15) is 5.82 Å². The lowest BCUT2D eigenvalue weighted by atomic mass is 9.96. The van der Waals surface area contributed by atoms with Crippen molar-refractivity contribution >= 4 is 10.0 Å². The molecule has 0 aliphatic rings. The molecule has 0 saturated heterocycles. The van der Waals surface area contributed by atoms with Crippen LogP contribution in [0.4, 0.5) is 0 Å². The molecule has 6 nitrogen and oxygen atoms in total. The minimum Gasteiger partial charge on any atom is -0.389 e. The first-order valence-corrected chi connectivity index (χ1v) is 8.24. The third-order valence-electron chi connectivity index (χ3n) is 3.27. The van der Waals surface area contributed by atoms with Gasteiger partial charge in [0.15, 0.2) is 5.03 Å². The van der Waals surface area contributed by atoms with Gasteiger partial charge in [0.05, 0.1) is 5.60 Å². The topological polar surface area (TPSA) is 84.2 Å². The van der Waals surface area contributed by atoms with Gasteiger partial charge in [-0.3, -0.25) is 0 Å². The van der Waals surface area contributed by atoms with E-state index in [-0.39, 0.29) is 11.6 Å². The smallest absolute Gasteiger partial charge is 0.259 e. The fourth-order valence-corrected chi connectivity index (χ4v) is 2.87. The quantitative estimate of drug-likeness (QED) is 0.792. The minimum atomic E-state index is -3.68. The average Bonchev–Trinajstić information content (AvgIpc) is 2.66. The molecule has 0 radical (unpaired) electrons. The maximum atomic E-state index is 12.1. The average molecular weight is 303 g/mol. The summed E-state index contributed by atoms with van der Waals surface area (Å²) in [5, 5.41) is 10.2. The molecule has 1 atom stereocenters. The van der Waals surface area contributed by atoms with Crippen LogP contribution in [0.3, 0.4) is 0 Å². The molecule has 2 N–H and O–H groups in total. The molecule has 1 aromatic heterocycles. The van der Waals surface area contributed by atoms with Crippen LogP contribution in [0.5, 0.6) is 0 Å². The van der Waals surface area contributed by atoms with Gasteiger partial charge in [-0.15, -0.1) is 0 Å². The van der Waals surface area contributed by atoms with E-state index in [2.05, 4.69) is 23.6 Å². The molecule has 20 heavy (non-hydrogen) atoms. The van der Waals surface area contributed by atoms with Crippen molar-refractivity contribution in [3.05, 3.63) is 12.0 Å². The molecular weight excluding hydrogens is 278 g/mol. The second kappa shape index (κ2) is 6.24. The lowest BCUT2D eigenvalue weighted by molar-refractivity contribution is 0.0506. The van der Waals surface area contributed by atoms with E-state index in [9.17, 15) is 13.5 Å². The maximum Gasteiger partial charge on any atom is 0.259 e. The van der Waals surface area contributed by atoms with E-state index in [1.54, 1.807) is 25.5 Å². The normalized spacial score (nSPS) is 15.6. The van der Waals surface area contributed by atoms with Crippen LogP contribution in [0, 0.1) is 12.8 Å². The Kier molecular flexibility index (Phi) is 5.34. The van der Waals surface area contributed by atoms with Crippen LogP contribution in [0.15, 0.2) is 11.2 Å². The Morgan fingerprint density at radius 3 is 2.55 bits per heavy atom. The van der Waals surface area contributed by atoms with E-state index in [4.69, 9.17) is 0 Å². The molecular formula is C13H25N3O3S. The number of nitrogens with one attached hydrogen (secondary N) is 1. The maximum absolute atomic E-state index is 12.1. The predicted molar refractivity (Wildman–Crippen MR) is 77.8 cm³/mol. The molecule has 0 saturated carbocycles. The molecule has 0 spiro atoms. The van der Waals surface area contributed by atoms with Crippen molar-refractivity contribution in [2.24, 2.45) is 13.0 Å². The molecule has 0 bridgehead atoms. The molecule has 0 fully saturated rings. The Labute approximate surface area is 121 Å². The SMILES string of the molecule is Cc1nc(S(=O)(=O)NC[C@](C)(O)CCC(C)C)cn1C. The van der Waals surface area contributed by atoms with Crippen molar-refractivity contribution in [3.63, 3.8) is 0 Å². The molecule has 0 aliphatic heterocycles. The number of aromatic nitrogens is 2. The lowest BCUT2D eigenvalue weighted by Gasteiger charge is -2.24. The van der Waals surface area contributed by atoms with E-state index < -0.39 is 15.6 Å². The van der Waals surface area contributed by atoms with Gasteiger partial charge < -0.3 is 9.67 Å². The molecule has 1 aromatic rings. The summed E-state index contributed by atoms with van der Waals surface area (Å²) in [7, 11) is -1.94. The van der Waals surface area contributed by atoms with Gasteiger partial charge >= 0.3 is 0 Å². The highest BCUT2D eigenvalue weighted by Crippen LogP contribution is 2.16. The van der Waals surface area contributed by atoms with Crippen LogP contribution in [-0.2, 0) is 17.1 Å². The summed E-state index contributed by atoms with van der Waals surface area (Å²) < 4.78 is 28.2. The van der Waals surface area contributed by atoms with E-state index >= 15 is 0 Å². The number of rotatable bonds is 7. The van der Waals surface area contributed by atoms with Gasteiger partial charge in [-0.05, 0) is 32.6 Å². The van der Waals surface area contributed by atoms with Crippen molar-refractivity contribution in [2.75, 3.05) is 6.54 Å². The lowest BCUT2D eigenvalue weighted by Crippen LogP contribution is -2.40. The van der Waals surface area contributed by atoms with Gasteiger partial charge in [-0.25, -0.2) is 18.1 Å². The van der Waals surface area contributed by atoms with Gasteiger partial charge in [-0.1, -0.05) is 13.8 Å². The third-order valence-corrected chi connectivity index (χ3v) is 4.54. The summed E-state index contributed by atoms with van der Waals surface area (Å²) in [6.45, 7) is 7.49. The number of nitrogens with zero attached hydrogens (tertiary/aromatic N) is 2. The van der Waals surface area contributed by atoms with Crippen molar-refractivity contribution in [3.8, 4) is 0 Å². The molecule has 1 heterocycles. The number of hydrogen-bond donors (Lipinski definition) is 2. The monoisotopic (exact) mass is 303 g/mol. The van der Waals surface area contributed by atoms with E-state index in [1.165, 1.54) is 6.20 Å². The fourth-order valence-electron chi connectivity index (χ4n) is 1.67.